The molecule has 0 aliphatic rings. The highest BCUT2D eigenvalue weighted by Gasteiger charge is 2.13. The van der Waals surface area contributed by atoms with Crippen LogP contribution in [0.15, 0.2) is 60.8 Å². The summed E-state index contributed by atoms with van der Waals surface area (Å²) in [5, 5.41) is 9.65. The molecule has 0 aromatic rings. The predicted molar refractivity (Wildman–Crippen MR) is 260 cm³/mol. The molecule has 0 heterocycles. The molecular weight excluding hydrogens is 725 g/mol. The van der Waals surface area contributed by atoms with Gasteiger partial charge in [-0.2, -0.15) is 0 Å². The molecule has 0 bridgehead atoms. The van der Waals surface area contributed by atoms with Crippen molar-refractivity contribution in [2.45, 2.75) is 264 Å². The summed E-state index contributed by atoms with van der Waals surface area (Å²) in [4.78, 5) is 12.3. The average Bonchev–Trinajstić information content (AvgIpc) is 3.24. The summed E-state index contributed by atoms with van der Waals surface area (Å²) in [6.45, 7) is 5.25. The molecule has 0 aliphatic heterocycles. The second-order valence-electron chi connectivity index (χ2n) is 17.2. The lowest BCUT2D eigenvalue weighted by Crippen LogP contribution is -2.27. The van der Waals surface area contributed by atoms with Crippen LogP contribution in [0.4, 0.5) is 0 Å². The van der Waals surface area contributed by atoms with Crippen molar-refractivity contribution in [3.63, 3.8) is 0 Å². The SMILES string of the molecule is CC/C=C\C/C=C\C/C=C\C/C=C\CCCCCCCCCCC(=O)OC(CO)COCCCCCCCCCCCCCCCC/C=C\CCCCCCCCCC. The number of hydrogen-bond acceptors (Lipinski definition) is 4. The van der Waals surface area contributed by atoms with Crippen molar-refractivity contribution in [3.05, 3.63) is 60.8 Å². The Hall–Kier alpha value is -1.91. The van der Waals surface area contributed by atoms with Crippen LogP contribution in [-0.4, -0.2) is 37.0 Å². The van der Waals surface area contributed by atoms with Gasteiger partial charge in [0.2, 0.25) is 0 Å². The highest BCUT2D eigenvalue weighted by Crippen LogP contribution is 2.15. The Labute approximate surface area is 368 Å². The fourth-order valence-electron chi connectivity index (χ4n) is 7.49. The largest absolute Gasteiger partial charge is 0.457 e. The number of carbonyl (C=O) groups excluding carboxylic acids is 1. The van der Waals surface area contributed by atoms with Crippen LogP contribution in [-0.2, 0) is 14.3 Å². The molecule has 1 N–H and O–H groups in total. The third-order valence-corrected chi connectivity index (χ3v) is 11.3. The summed E-state index contributed by atoms with van der Waals surface area (Å²) >= 11 is 0. The van der Waals surface area contributed by atoms with Crippen LogP contribution >= 0.6 is 0 Å². The van der Waals surface area contributed by atoms with Crippen LogP contribution in [0.5, 0.6) is 0 Å². The molecule has 0 fully saturated rings. The first-order chi connectivity index (χ1) is 29.2. The van der Waals surface area contributed by atoms with E-state index in [4.69, 9.17) is 9.47 Å². The predicted octanol–water partition coefficient (Wildman–Crippen LogP) is 17.6. The summed E-state index contributed by atoms with van der Waals surface area (Å²) in [6, 6.07) is 0. The van der Waals surface area contributed by atoms with E-state index in [0.29, 0.717) is 19.6 Å². The zero-order valence-corrected chi connectivity index (χ0v) is 39.5. The number of aliphatic hydroxyl groups is 1. The third-order valence-electron chi connectivity index (χ3n) is 11.3. The Balaban J connectivity index is 3.40. The number of esters is 1. The number of allylic oxidation sites excluding steroid dienone is 10. The minimum atomic E-state index is -0.541. The van der Waals surface area contributed by atoms with Crippen molar-refractivity contribution in [1.82, 2.24) is 0 Å². The zero-order chi connectivity index (χ0) is 42.6. The molecule has 344 valence electrons. The van der Waals surface area contributed by atoms with Gasteiger partial charge in [-0.25, -0.2) is 0 Å². The van der Waals surface area contributed by atoms with Gasteiger partial charge >= 0.3 is 5.97 Å². The Morgan fingerprint density at radius 1 is 0.424 bits per heavy atom. The first-order valence-corrected chi connectivity index (χ1v) is 25.9. The maximum atomic E-state index is 12.3. The van der Waals surface area contributed by atoms with Crippen molar-refractivity contribution in [1.29, 1.82) is 0 Å². The summed E-state index contributed by atoms with van der Waals surface area (Å²) in [7, 11) is 0. The van der Waals surface area contributed by atoms with Crippen molar-refractivity contribution >= 4 is 5.97 Å². The third kappa shape index (κ3) is 50.3. The Morgan fingerprint density at radius 2 is 0.763 bits per heavy atom. The number of hydrogen-bond donors (Lipinski definition) is 1. The summed E-state index contributed by atoms with van der Waals surface area (Å²) < 4.78 is 11.2. The van der Waals surface area contributed by atoms with E-state index in [-0.39, 0.29) is 12.6 Å². The average molecular weight is 825 g/mol. The molecule has 59 heavy (non-hydrogen) atoms. The molecule has 0 radical (unpaired) electrons. The summed E-state index contributed by atoms with van der Waals surface area (Å²) in [5.74, 6) is -0.207. The Bertz CT molecular complexity index is 962. The van der Waals surface area contributed by atoms with E-state index in [1.165, 1.54) is 193 Å². The number of rotatable bonds is 48. The minimum absolute atomic E-state index is 0.175. The van der Waals surface area contributed by atoms with E-state index < -0.39 is 6.10 Å². The fourth-order valence-corrected chi connectivity index (χ4v) is 7.49. The van der Waals surface area contributed by atoms with Gasteiger partial charge < -0.3 is 14.6 Å². The lowest BCUT2D eigenvalue weighted by molar-refractivity contribution is -0.154. The fraction of sp³-hybridized carbons (Fsp3) is 0.800. The Kier molecular flexibility index (Phi) is 50.5. The normalized spacial score (nSPS) is 12.8. The number of ether oxygens (including phenoxy) is 2. The van der Waals surface area contributed by atoms with Crippen LogP contribution < -0.4 is 0 Å². The highest BCUT2D eigenvalue weighted by atomic mass is 16.6. The van der Waals surface area contributed by atoms with E-state index in [9.17, 15) is 9.90 Å². The van der Waals surface area contributed by atoms with Gasteiger partial charge in [-0.05, 0) is 77.0 Å². The lowest BCUT2D eigenvalue weighted by atomic mass is 10.0. The first kappa shape index (κ1) is 57.1. The molecular formula is C55H100O4. The molecule has 0 rings (SSSR count). The van der Waals surface area contributed by atoms with Crippen molar-refractivity contribution in [2.24, 2.45) is 0 Å². The quantitative estimate of drug-likeness (QED) is 0.0377. The number of unbranched alkanes of at least 4 members (excludes halogenated alkanes) is 30. The van der Waals surface area contributed by atoms with Crippen LogP contribution in [0.2, 0.25) is 0 Å². The lowest BCUT2D eigenvalue weighted by Gasteiger charge is -2.16. The van der Waals surface area contributed by atoms with Gasteiger partial charge in [0.1, 0.15) is 6.10 Å². The smallest absolute Gasteiger partial charge is 0.306 e. The molecule has 4 heteroatoms. The van der Waals surface area contributed by atoms with Crippen LogP contribution in [0.3, 0.4) is 0 Å². The molecule has 1 atom stereocenters. The standard InChI is InChI=1S/C55H100O4/c1-3-5-7-9-11-13-15-17-19-21-23-25-26-27-28-29-31-33-35-37-39-41-43-45-47-49-51-58-53-54(52-56)59-55(57)50-48-46-44-42-40-38-36-34-32-30-24-22-20-18-16-14-12-10-8-6-4-2/h6,8,12,14,18,20-21,23-24,30,54,56H,3-5,7,9-11,13,15-17,19,22,25-29,31-53H2,1-2H3/b8-6-,14-12-,20-18-,23-21-,30-24-. The van der Waals surface area contributed by atoms with Gasteiger partial charge in [0.15, 0.2) is 0 Å². The van der Waals surface area contributed by atoms with Crippen LogP contribution in [0, 0.1) is 0 Å². The monoisotopic (exact) mass is 825 g/mol. The van der Waals surface area contributed by atoms with E-state index in [1.807, 2.05) is 0 Å². The number of carbonyl (C=O) groups is 1. The molecule has 0 saturated heterocycles. The molecule has 0 saturated carbocycles. The van der Waals surface area contributed by atoms with E-state index in [1.54, 1.807) is 0 Å². The highest BCUT2D eigenvalue weighted by molar-refractivity contribution is 5.69. The van der Waals surface area contributed by atoms with E-state index >= 15 is 0 Å². The van der Waals surface area contributed by atoms with E-state index in [0.717, 1.165) is 44.9 Å². The second-order valence-corrected chi connectivity index (χ2v) is 17.2. The zero-order valence-electron chi connectivity index (χ0n) is 39.5. The van der Waals surface area contributed by atoms with Gasteiger partial charge in [0, 0.05) is 13.0 Å². The molecule has 1 unspecified atom stereocenters. The van der Waals surface area contributed by atoms with Gasteiger partial charge in [-0.15, -0.1) is 0 Å². The van der Waals surface area contributed by atoms with Gasteiger partial charge in [-0.1, -0.05) is 235 Å². The molecule has 0 aliphatic carbocycles. The molecule has 0 amide bonds. The van der Waals surface area contributed by atoms with Crippen LogP contribution in [0.25, 0.3) is 0 Å². The van der Waals surface area contributed by atoms with Gasteiger partial charge in [0.05, 0.1) is 13.2 Å². The van der Waals surface area contributed by atoms with Crippen molar-refractivity contribution in [3.8, 4) is 0 Å². The maximum absolute atomic E-state index is 12.3. The molecule has 0 aromatic carbocycles. The second kappa shape index (κ2) is 52.2. The first-order valence-electron chi connectivity index (χ1n) is 25.9. The van der Waals surface area contributed by atoms with Crippen molar-refractivity contribution in [2.75, 3.05) is 19.8 Å². The summed E-state index contributed by atoms with van der Waals surface area (Å²) in [5.41, 5.74) is 0. The topological polar surface area (TPSA) is 55.8 Å². The molecule has 4 nitrogen and oxygen atoms in total. The summed E-state index contributed by atoms with van der Waals surface area (Å²) in [6.07, 6.45) is 70.3. The Morgan fingerprint density at radius 3 is 1.17 bits per heavy atom. The van der Waals surface area contributed by atoms with Crippen LogP contribution in [0.1, 0.15) is 258 Å². The number of aliphatic hydroxyl groups excluding tert-OH is 1. The van der Waals surface area contributed by atoms with Gasteiger partial charge in [-0.3, -0.25) is 4.79 Å². The van der Waals surface area contributed by atoms with E-state index in [2.05, 4.69) is 74.6 Å². The minimum Gasteiger partial charge on any atom is -0.457 e. The molecule has 0 spiro atoms. The van der Waals surface area contributed by atoms with Gasteiger partial charge in [0.25, 0.3) is 0 Å². The maximum Gasteiger partial charge on any atom is 0.306 e. The molecule has 0 aromatic heterocycles. The van der Waals surface area contributed by atoms with Crippen molar-refractivity contribution < 1.29 is 19.4 Å².